The van der Waals surface area contributed by atoms with E-state index >= 15 is 0 Å². The SMILES string of the molecule is Cc1ccc(C(=O)CS(=O)c2ccc(C(C)C)cc2)cc1. The van der Waals surface area contributed by atoms with Gasteiger partial charge in [0.15, 0.2) is 5.78 Å². The van der Waals surface area contributed by atoms with Gasteiger partial charge in [0.1, 0.15) is 0 Å². The molecule has 0 saturated carbocycles. The van der Waals surface area contributed by atoms with Crippen LogP contribution in [0.2, 0.25) is 0 Å². The third-order valence-electron chi connectivity index (χ3n) is 3.45. The summed E-state index contributed by atoms with van der Waals surface area (Å²) >= 11 is 0. The molecule has 0 N–H and O–H groups in total. The maximum atomic E-state index is 12.3. The highest BCUT2D eigenvalue weighted by molar-refractivity contribution is 7.85. The largest absolute Gasteiger partial charge is 0.293 e. The maximum Gasteiger partial charge on any atom is 0.175 e. The summed E-state index contributed by atoms with van der Waals surface area (Å²) in [6.07, 6.45) is 0. The van der Waals surface area contributed by atoms with Gasteiger partial charge >= 0.3 is 0 Å². The van der Waals surface area contributed by atoms with Crippen LogP contribution in [-0.2, 0) is 10.8 Å². The van der Waals surface area contributed by atoms with E-state index < -0.39 is 10.8 Å². The molecule has 0 bridgehead atoms. The van der Waals surface area contributed by atoms with E-state index in [9.17, 15) is 9.00 Å². The summed E-state index contributed by atoms with van der Waals surface area (Å²) in [7, 11) is -1.29. The molecular formula is C18H20O2S. The minimum Gasteiger partial charge on any atom is -0.293 e. The molecule has 110 valence electrons. The van der Waals surface area contributed by atoms with Gasteiger partial charge in [0.05, 0.1) is 16.6 Å². The van der Waals surface area contributed by atoms with Crippen LogP contribution in [0.25, 0.3) is 0 Å². The molecule has 0 aliphatic carbocycles. The van der Waals surface area contributed by atoms with Crippen molar-refractivity contribution in [2.45, 2.75) is 31.6 Å². The Morgan fingerprint density at radius 1 is 1.00 bits per heavy atom. The van der Waals surface area contributed by atoms with E-state index in [1.807, 2.05) is 43.3 Å². The van der Waals surface area contributed by atoms with Crippen molar-refractivity contribution in [2.75, 3.05) is 5.75 Å². The smallest absolute Gasteiger partial charge is 0.175 e. The molecule has 0 saturated heterocycles. The summed E-state index contributed by atoms with van der Waals surface area (Å²) in [6.45, 7) is 6.21. The zero-order valence-corrected chi connectivity index (χ0v) is 13.4. The lowest BCUT2D eigenvalue weighted by atomic mass is 10.0. The minimum absolute atomic E-state index is 0.0318. The summed E-state index contributed by atoms with van der Waals surface area (Å²) in [4.78, 5) is 12.8. The third kappa shape index (κ3) is 4.11. The fraction of sp³-hybridized carbons (Fsp3) is 0.278. The summed E-state index contributed by atoms with van der Waals surface area (Å²) in [5.41, 5.74) is 2.94. The van der Waals surface area contributed by atoms with Gasteiger partial charge < -0.3 is 0 Å². The van der Waals surface area contributed by atoms with Crippen molar-refractivity contribution in [1.82, 2.24) is 0 Å². The highest BCUT2D eigenvalue weighted by atomic mass is 32.2. The van der Waals surface area contributed by atoms with Gasteiger partial charge in [-0.05, 0) is 30.5 Å². The van der Waals surface area contributed by atoms with Crippen LogP contribution in [0.15, 0.2) is 53.4 Å². The number of benzene rings is 2. The number of rotatable bonds is 5. The van der Waals surface area contributed by atoms with Crippen LogP contribution >= 0.6 is 0 Å². The molecule has 0 aliphatic rings. The molecule has 2 aromatic rings. The summed E-state index contributed by atoms with van der Waals surface area (Å²) in [6, 6.07) is 15.0. The Balaban J connectivity index is 2.07. The number of ketones is 1. The van der Waals surface area contributed by atoms with Crippen molar-refractivity contribution >= 4 is 16.6 Å². The standard InChI is InChI=1S/C18H20O2S/c1-13(2)15-8-10-17(11-9-15)21(20)12-18(19)16-6-4-14(3)5-7-16/h4-11,13H,12H2,1-3H3. The van der Waals surface area contributed by atoms with Gasteiger partial charge in [-0.2, -0.15) is 0 Å². The van der Waals surface area contributed by atoms with Crippen molar-refractivity contribution in [3.05, 3.63) is 65.2 Å². The number of Topliss-reactive ketones (excluding diaryl/α,β-unsaturated/α-hetero) is 1. The van der Waals surface area contributed by atoms with E-state index in [0.29, 0.717) is 16.4 Å². The molecule has 2 aromatic carbocycles. The van der Waals surface area contributed by atoms with E-state index in [-0.39, 0.29) is 11.5 Å². The van der Waals surface area contributed by atoms with Gasteiger partial charge in [-0.15, -0.1) is 0 Å². The normalized spacial score (nSPS) is 12.4. The molecule has 0 spiro atoms. The molecule has 0 fully saturated rings. The number of aryl methyl sites for hydroxylation is 1. The zero-order chi connectivity index (χ0) is 15.4. The van der Waals surface area contributed by atoms with E-state index in [1.54, 1.807) is 12.1 Å². The monoisotopic (exact) mass is 300 g/mol. The second-order valence-corrected chi connectivity index (χ2v) is 6.95. The van der Waals surface area contributed by atoms with Gasteiger partial charge in [0.2, 0.25) is 0 Å². The fourth-order valence-corrected chi connectivity index (χ4v) is 3.04. The maximum absolute atomic E-state index is 12.3. The number of carbonyl (C=O) groups excluding carboxylic acids is 1. The van der Waals surface area contributed by atoms with E-state index in [0.717, 1.165) is 5.56 Å². The van der Waals surface area contributed by atoms with Gasteiger partial charge in [-0.1, -0.05) is 55.8 Å². The number of hydrogen-bond donors (Lipinski definition) is 0. The average Bonchev–Trinajstić information content (AvgIpc) is 2.47. The quantitative estimate of drug-likeness (QED) is 0.779. The van der Waals surface area contributed by atoms with Crippen molar-refractivity contribution in [2.24, 2.45) is 0 Å². The first-order chi connectivity index (χ1) is 9.97. The molecule has 2 rings (SSSR count). The van der Waals surface area contributed by atoms with Gasteiger partial charge in [0, 0.05) is 10.5 Å². The van der Waals surface area contributed by atoms with Crippen molar-refractivity contribution in [3.63, 3.8) is 0 Å². The fourth-order valence-electron chi connectivity index (χ4n) is 2.03. The van der Waals surface area contributed by atoms with Crippen LogP contribution in [0.1, 0.15) is 41.3 Å². The lowest BCUT2D eigenvalue weighted by Gasteiger charge is -2.07. The average molecular weight is 300 g/mol. The van der Waals surface area contributed by atoms with E-state index in [4.69, 9.17) is 0 Å². The Morgan fingerprint density at radius 2 is 1.57 bits per heavy atom. The molecule has 0 aromatic heterocycles. The van der Waals surface area contributed by atoms with Crippen LogP contribution in [0.5, 0.6) is 0 Å². The Morgan fingerprint density at radius 3 is 2.10 bits per heavy atom. The van der Waals surface area contributed by atoms with Crippen molar-refractivity contribution in [3.8, 4) is 0 Å². The summed E-state index contributed by atoms with van der Waals surface area (Å²) in [5, 5.41) is 0. The van der Waals surface area contributed by atoms with Gasteiger partial charge in [-0.3, -0.25) is 9.00 Å². The number of carbonyl (C=O) groups is 1. The molecule has 2 nitrogen and oxygen atoms in total. The number of hydrogen-bond acceptors (Lipinski definition) is 2. The predicted molar refractivity (Wildman–Crippen MR) is 87.3 cm³/mol. The predicted octanol–water partition coefficient (Wildman–Crippen LogP) is 4.11. The first-order valence-corrected chi connectivity index (χ1v) is 8.37. The minimum atomic E-state index is -1.29. The first-order valence-electron chi connectivity index (χ1n) is 7.05. The van der Waals surface area contributed by atoms with Crippen molar-refractivity contribution in [1.29, 1.82) is 0 Å². The second kappa shape index (κ2) is 6.81. The lowest BCUT2D eigenvalue weighted by molar-refractivity contribution is 0.102. The molecule has 1 atom stereocenters. The van der Waals surface area contributed by atoms with Crippen LogP contribution in [-0.4, -0.2) is 15.7 Å². The molecule has 0 radical (unpaired) electrons. The molecule has 21 heavy (non-hydrogen) atoms. The van der Waals surface area contributed by atoms with Crippen LogP contribution in [0.4, 0.5) is 0 Å². The molecule has 0 heterocycles. The van der Waals surface area contributed by atoms with Crippen molar-refractivity contribution < 1.29 is 9.00 Å². The Bertz CT molecular complexity index is 640. The van der Waals surface area contributed by atoms with Crippen LogP contribution in [0, 0.1) is 6.92 Å². The molecule has 1 unspecified atom stereocenters. The Labute approximate surface area is 128 Å². The van der Waals surface area contributed by atoms with E-state index in [1.165, 1.54) is 5.56 Å². The highest BCUT2D eigenvalue weighted by Gasteiger charge is 2.12. The summed E-state index contributed by atoms with van der Waals surface area (Å²) in [5.74, 6) is 0.396. The first kappa shape index (κ1) is 15.6. The topological polar surface area (TPSA) is 34.1 Å². The zero-order valence-electron chi connectivity index (χ0n) is 12.6. The third-order valence-corrected chi connectivity index (χ3v) is 4.77. The van der Waals surface area contributed by atoms with Crippen LogP contribution < -0.4 is 0 Å². The Hall–Kier alpha value is -1.74. The van der Waals surface area contributed by atoms with Gasteiger partial charge in [0.25, 0.3) is 0 Å². The molecule has 3 heteroatoms. The Kier molecular flexibility index (Phi) is 5.07. The van der Waals surface area contributed by atoms with Gasteiger partial charge in [-0.25, -0.2) is 0 Å². The van der Waals surface area contributed by atoms with E-state index in [2.05, 4.69) is 13.8 Å². The molecule has 0 amide bonds. The van der Waals surface area contributed by atoms with Crippen LogP contribution in [0.3, 0.4) is 0 Å². The molecular weight excluding hydrogens is 280 g/mol. The highest BCUT2D eigenvalue weighted by Crippen LogP contribution is 2.17. The second-order valence-electron chi connectivity index (χ2n) is 5.50. The molecule has 0 aliphatic heterocycles. The summed E-state index contributed by atoms with van der Waals surface area (Å²) < 4.78 is 12.3. The lowest BCUT2D eigenvalue weighted by Crippen LogP contribution is -2.11.